The molecule has 0 aliphatic rings. The zero-order valence-corrected chi connectivity index (χ0v) is 13.7. The monoisotopic (exact) mass is 372 g/mol. The van der Waals surface area contributed by atoms with Crippen LogP contribution in [0.25, 0.3) is 0 Å². The van der Waals surface area contributed by atoms with Crippen molar-refractivity contribution in [3.63, 3.8) is 0 Å². The fourth-order valence-corrected chi connectivity index (χ4v) is 2.77. The number of carbonyl (C=O) groups excluding carboxylic acids is 1. The van der Waals surface area contributed by atoms with E-state index >= 15 is 0 Å². The minimum absolute atomic E-state index is 0.0855. The van der Waals surface area contributed by atoms with E-state index in [4.69, 9.17) is 27.9 Å². The number of benzene rings is 2. The molecule has 0 unspecified atom stereocenters. The van der Waals surface area contributed by atoms with Gasteiger partial charge in [-0.3, -0.25) is 4.79 Å². The zero-order chi connectivity index (χ0) is 14.7. The first kappa shape index (κ1) is 15.4. The molecule has 2 nitrogen and oxygen atoms in total. The van der Waals surface area contributed by atoms with Crippen LogP contribution in [0.3, 0.4) is 0 Å². The highest BCUT2D eigenvalue weighted by Crippen LogP contribution is 2.31. The molecular weight excluding hydrogens is 363 g/mol. The first-order chi connectivity index (χ1) is 9.51. The second-order valence-electron chi connectivity index (χ2n) is 4.20. The summed E-state index contributed by atoms with van der Waals surface area (Å²) in [7, 11) is 1.50. The van der Waals surface area contributed by atoms with Gasteiger partial charge in [0.25, 0.3) is 0 Å². The van der Waals surface area contributed by atoms with Gasteiger partial charge in [0.2, 0.25) is 0 Å². The van der Waals surface area contributed by atoms with Crippen LogP contribution in [0.1, 0.15) is 15.9 Å². The summed E-state index contributed by atoms with van der Waals surface area (Å²) < 4.78 is 5.99. The van der Waals surface area contributed by atoms with Gasteiger partial charge in [0, 0.05) is 22.5 Å². The zero-order valence-electron chi connectivity index (χ0n) is 10.6. The Morgan fingerprint density at radius 1 is 1.20 bits per heavy atom. The summed E-state index contributed by atoms with van der Waals surface area (Å²) in [5.41, 5.74) is 1.31. The maximum absolute atomic E-state index is 12.3. The average Bonchev–Trinajstić information content (AvgIpc) is 2.40. The minimum atomic E-state index is -0.0855. The minimum Gasteiger partial charge on any atom is -0.495 e. The molecule has 0 saturated carbocycles. The van der Waals surface area contributed by atoms with E-state index in [9.17, 15) is 4.79 Å². The molecule has 0 saturated heterocycles. The van der Waals surface area contributed by atoms with Crippen LogP contribution in [0.4, 0.5) is 0 Å². The van der Waals surface area contributed by atoms with E-state index in [2.05, 4.69) is 15.9 Å². The van der Waals surface area contributed by atoms with Crippen LogP contribution < -0.4 is 4.74 Å². The van der Waals surface area contributed by atoms with Crippen LogP contribution in [0, 0.1) is 0 Å². The van der Waals surface area contributed by atoms with E-state index < -0.39 is 0 Å². The van der Waals surface area contributed by atoms with Gasteiger partial charge >= 0.3 is 0 Å². The fraction of sp³-hybridized carbons (Fsp3) is 0.133. The average molecular weight is 374 g/mol. The molecule has 2 rings (SSSR count). The third-order valence-electron chi connectivity index (χ3n) is 2.80. The molecule has 5 heteroatoms. The van der Waals surface area contributed by atoms with Crippen LogP contribution >= 0.6 is 39.1 Å². The number of Topliss-reactive ketones (excluding diaryl/α,β-unsaturated/α-hetero) is 1. The van der Waals surface area contributed by atoms with Gasteiger partial charge in [-0.2, -0.15) is 0 Å². The molecule has 0 amide bonds. The largest absolute Gasteiger partial charge is 0.495 e. The Morgan fingerprint density at radius 3 is 2.60 bits per heavy atom. The Hall–Kier alpha value is -1.03. The molecule has 0 atom stereocenters. The molecule has 0 radical (unpaired) electrons. The maximum atomic E-state index is 12.3. The number of methoxy groups -OCH3 is 1. The third-order valence-corrected chi connectivity index (χ3v) is 3.90. The summed E-state index contributed by atoms with van der Waals surface area (Å²) in [5, 5.41) is 0.709. The molecule has 0 heterocycles. The summed E-state index contributed by atoms with van der Waals surface area (Å²) in [4.78, 5) is 12.3. The van der Waals surface area contributed by atoms with Crippen molar-refractivity contribution in [3.05, 3.63) is 62.0 Å². The predicted molar refractivity (Wildman–Crippen MR) is 85.2 cm³/mol. The van der Waals surface area contributed by atoms with Crippen molar-refractivity contribution in [1.82, 2.24) is 0 Å². The second kappa shape index (κ2) is 6.61. The number of ketones is 1. The van der Waals surface area contributed by atoms with Gasteiger partial charge in [-0.1, -0.05) is 51.3 Å². The number of hydrogen-bond acceptors (Lipinski definition) is 2. The van der Waals surface area contributed by atoms with E-state index in [1.807, 2.05) is 24.3 Å². The number of ether oxygens (including phenoxy) is 1. The summed E-state index contributed by atoms with van der Waals surface area (Å²) in [6, 6.07) is 10.7. The normalized spacial score (nSPS) is 10.4. The van der Waals surface area contributed by atoms with Crippen LogP contribution in [0.2, 0.25) is 10.0 Å². The summed E-state index contributed by atoms with van der Waals surface area (Å²) >= 11 is 15.5. The van der Waals surface area contributed by atoms with E-state index in [1.54, 1.807) is 12.1 Å². The number of halogens is 3. The van der Waals surface area contributed by atoms with Gasteiger partial charge in [0.15, 0.2) is 5.78 Å². The number of hydrogen-bond donors (Lipinski definition) is 0. The Bertz CT molecular complexity index is 656. The van der Waals surface area contributed by atoms with E-state index in [1.165, 1.54) is 7.11 Å². The molecule has 0 aliphatic heterocycles. The lowest BCUT2D eigenvalue weighted by molar-refractivity contribution is 0.0993. The third kappa shape index (κ3) is 3.54. The molecule has 104 valence electrons. The van der Waals surface area contributed by atoms with Gasteiger partial charge in [-0.15, -0.1) is 0 Å². The Labute approximate surface area is 135 Å². The van der Waals surface area contributed by atoms with Gasteiger partial charge in [-0.05, 0) is 23.8 Å². The number of carbonyl (C=O) groups is 1. The van der Waals surface area contributed by atoms with Crippen LogP contribution in [-0.2, 0) is 6.42 Å². The molecule has 0 spiro atoms. The molecule has 0 aliphatic carbocycles. The Balaban J connectivity index is 2.28. The standard InChI is InChI=1S/C15H11BrCl2O2/c1-20-15-8-12(17)11(7-13(15)18)14(19)6-9-3-2-4-10(16)5-9/h2-5,7-8H,6H2,1H3. The van der Waals surface area contributed by atoms with Crippen molar-refractivity contribution in [2.45, 2.75) is 6.42 Å². The van der Waals surface area contributed by atoms with Gasteiger partial charge in [0.05, 0.1) is 17.2 Å². The van der Waals surface area contributed by atoms with Crippen molar-refractivity contribution < 1.29 is 9.53 Å². The second-order valence-corrected chi connectivity index (χ2v) is 5.93. The van der Waals surface area contributed by atoms with Crippen LogP contribution in [-0.4, -0.2) is 12.9 Å². The maximum Gasteiger partial charge on any atom is 0.168 e. The van der Waals surface area contributed by atoms with Crippen molar-refractivity contribution in [1.29, 1.82) is 0 Å². The van der Waals surface area contributed by atoms with E-state index in [0.717, 1.165) is 10.0 Å². The lowest BCUT2D eigenvalue weighted by Crippen LogP contribution is -2.05. The Kier molecular flexibility index (Phi) is 5.08. The molecule has 2 aromatic rings. The highest BCUT2D eigenvalue weighted by Gasteiger charge is 2.15. The molecule has 2 aromatic carbocycles. The molecular formula is C15H11BrCl2O2. The molecule has 0 bridgehead atoms. The lowest BCUT2D eigenvalue weighted by Gasteiger charge is -2.08. The smallest absolute Gasteiger partial charge is 0.168 e. The molecule has 0 N–H and O–H groups in total. The highest BCUT2D eigenvalue weighted by atomic mass is 79.9. The van der Waals surface area contributed by atoms with Gasteiger partial charge in [-0.25, -0.2) is 0 Å². The van der Waals surface area contributed by atoms with Gasteiger partial charge < -0.3 is 4.74 Å². The molecule has 0 fully saturated rings. The van der Waals surface area contributed by atoms with Crippen molar-refractivity contribution in [3.8, 4) is 5.75 Å². The summed E-state index contributed by atoms with van der Waals surface area (Å²) in [5.74, 6) is 0.369. The quantitative estimate of drug-likeness (QED) is 0.689. The van der Waals surface area contributed by atoms with Crippen molar-refractivity contribution in [2.24, 2.45) is 0 Å². The fourth-order valence-electron chi connectivity index (χ4n) is 1.83. The SMILES string of the molecule is COc1cc(Cl)c(C(=O)Cc2cccc(Br)c2)cc1Cl. The number of rotatable bonds is 4. The van der Waals surface area contributed by atoms with E-state index in [0.29, 0.717) is 21.4 Å². The Morgan fingerprint density at radius 2 is 1.95 bits per heavy atom. The van der Waals surface area contributed by atoms with Crippen LogP contribution in [0.15, 0.2) is 40.9 Å². The molecule has 20 heavy (non-hydrogen) atoms. The highest BCUT2D eigenvalue weighted by molar-refractivity contribution is 9.10. The van der Waals surface area contributed by atoms with Crippen molar-refractivity contribution in [2.75, 3.05) is 7.11 Å². The molecule has 0 aromatic heterocycles. The first-order valence-corrected chi connectivity index (χ1v) is 7.37. The summed E-state index contributed by atoms with van der Waals surface area (Å²) in [6.07, 6.45) is 0.266. The van der Waals surface area contributed by atoms with Crippen molar-refractivity contribution >= 4 is 44.9 Å². The predicted octanol–water partition coefficient (Wildman–Crippen LogP) is 5.19. The lowest BCUT2D eigenvalue weighted by atomic mass is 10.0. The first-order valence-electron chi connectivity index (χ1n) is 5.82. The topological polar surface area (TPSA) is 26.3 Å². The van der Waals surface area contributed by atoms with Crippen LogP contribution in [0.5, 0.6) is 5.75 Å². The van der Waals surface area contributed by atoms with E-state index in [-0.39, 0.29) is 12.2 Å². The summed E-state index contributed by atoms with van der Waals surface area (Å²) in [6.45, 7) is 0. The van der Waals surface area contributed by atoms with Gasteiger partial charge in [0.1, 0.15) is 5.75 Å².